The number of ether oxygens (including phenoxy) is 2. The van der Waals surface area contributed by atoms with E-state index in [1.807, 2.05) is 12.1 Å². The average molecular weight is 694 g/mol. The highest BCUT2D eigenvalue weighted by atomic mass is 32.2. The maximum absolute atomic E-state index is 13.6. The quantitative estimate of drug-likeness (QED) is 0.317. The molecule has 0 N–H and O–H groups in total. The van der Waals surface area contributed by atoms with E-state index in [9.17, 15) is 30.0 Å². The third-order valence-corrected chi connectivity index (χ3v) is 13.6. The van der Waals surface area contributed by atoms with Gasteiger partial charge in [-0.1, -0.05) is 24.3 Å². The van der Waals surface area contributed by atoms with Gasteiger partial charge >= 0.3 is 6.18 Å². The van der Waals surface area contributed by atoms with Gasteiger partial charge in [0.25, 0.3) is 0 Å². The average Bonchev–Trinajstić information content (AvgIpc) is 3.53. The molecule has 14 heteroatoms. The Balaban J connectivity index is 1.08. The summed E-state index contributed by atoms with van der Waals surface area (Å²) < 4.78 is 106. The Labute approximate surface area is 273 Å². The van der Waals surface area contributed by atoms with Crippen molar-refractivity contribution in [1.29, 1.82) is 0 Å². The summed E-state index contributed by atoms with van der Waals surface area (Å²) in [5, 5.41) is 0. The second-order valence-electron chi connectivity index (χ2n) is 12.7. The Morgan fingerprint density at radius 3 is 2.15 bits per heavy atom. The van der Waals surface area contributed by atoms with Crippen LogP contribution in [0, 0.1) is 0 Å². The zero-order valence-corrected chi connectivity index (χ0v) is 28.0. The molecule has 0 bridgehead atoms. The van der Waals surface area contributed by atoms with Crippen molar-refractivity contribution in [3.05, 3.63) is 77.9 Å². The van der Waals surface area contributed by atoms with E-state index in [0.717, 1.165) is 37.3 Å². The summed E-state index contributed by atoms with van der Waals surface area (Å²) in [6.07, 6.45) is -3.77. The first kappa shape index (κ1) is 33.7. The second-order valence-corrected chi connectivity index (χ2v) is 16.5. The summed E-state index contributed by atoms with van der Waals surface area (Å²) in [6.45, 7) is 8.89. The number of alkyl halides is 3. The molecule has 3 heterocycles. The largest absolute Gasteiger partial charge is 0.454 e. The minimum absolute atomic E-state index is 0.0166. The summed E-state index contributed by atoms with van der Waals surface area (Å²) in [4.78, 5) is 4.36. The predicted octanol–water partition coefficient (Wildman–Crippen LogP) is 5.58. The van der Waals surface area contributed by atoms with Crippen molar-refractivity contribution in [3.63, 3.8) is 0 Å². The van der Waals surface area contributed by atoms with E-state index in [2.05, 4.69) is 30.6 Å². The number of hydrogen-bond acceptors (Lipinski definition) is 8. The molecule has 6 rings (SSSR count). The lowest BCUT2D eigenvalue weighted by atomic mass is 9.87. The van der Waals surface area contributed by atoms with E-state index in [-0.39, 0.29) is 47.3 Å². The van der Waals surface area contributed by atoms with Crippen LogP contribution in [0.25, 0.3) is 0 Å². The minimum Gasteiger partial charge on any atom is -0.454 e. The number of benzene rings is 3. The molecule has 2 atom stereocenters. The summed E-state index contributed by atoms with van der Waals surface area (Å²) in [5.41, 5.74) is -0.462. The lowest BCUT2D eigenvalue weighted by Crippen LogP contribution is -2.62. The fourth-order valence-electron chi connectivity index (χ4n) is 6.92. The van der Waals surface area contributed by atoms with Crippen LogP contribution in [-0.4, -0.2) is 82.0 Å². The van der Waals surface area contributed by atoms with Crippen molar-refractivity contribution < 1.29 is 39.5 Å². The van der Waals surface area contributed by atoms with Crippen molar-refractivity contribution in [2.45, 2.75) is 72.1 Å². The van der Waals surface area contributed by atoms with Crippen molar-refractivity contribution in [2.24, 2.45) is 0 Å². The monoisotopic (exact) mass is 693 g/mol. The molecule has 0 aliphatic carbocycles. The number of fused-ring (bicyclic) bond motifs is 1. The first-order chi connectivity index (χ1) is 22.1. The smallest absolute Gasteiger partial charge is 0.417 e. The number of nitrogens with zero attached hydrogens (tertiary/aromatic N) is 3. The van der Waals surface area contributed by atoms with E-state index in [0.29, 0.717) is 24.3 Å². The Hall–Kier alpha value is -3.17. The predicted molar refractivity (Wildman–Crippen MR) is 168 cm³/mol. The van der Waals surface area contributed by atoms with Crippen LogP contribution in [0.4, 0.5) is 13.2 Å². The molecule has 0 amide bonds. The Morgan fingerprint density at radius 2 is 1.49 bits per heavy atom. The van der Waals surface area contributed by atoms with E-state index in [1.54, 1.807) is 18.2 Å². The lowest BCUT2D eigenvalue weighted by Gasteiger charge is -2.52. The molecule has 3 aromatic rings. The van der Waals surface area contributed by atoms with E-state index in [4.69, 9.17) is 9.47 Å². The highest BCUT2D eigenvalue weighted by Gasteiger charge is 2.44. The van der Waals surface area contributed by atoms with Crippen LogP contribution in [0.15, 0.2) is 81.4 Å². The van der Waals surface area contributed by atoms with Gasteiger partial charge in [-0.3, -0.25) is 9.80 Å². The SMILES string of the molecule is C[C@@H]1CN(C2(C)CCN(S(=O)(=O)c3ccccc3C(F)(F)F)CC2)CCN1[C@@H](C)c1ccc(S(=O)(=O)c2ccc3c(c2)OCO3)cc1. The number of piperazine rings is 1. The number of piperidine rings is 1. The van der Waals surface area contributed by atoms with Gasteiger partial charge in [-0.15, -0.1) is 0 Å². The van der Waals surface area contributed by atoms with Gasteiger partial charge < -0.3 is 9.47 Å². The molecule has 0 unspecified atom stereocenters. The first-order valence-electron chi connectivity index (χ1n) is 15.5. The maximum Gasteiger partial charge on any atom is 0.417 e. The van der Waals surface area contributed by atoms with Gasteiger partial charge in [-0.2, -0.15) is 17.5 Å². The van der Waals surface area contributed by atoms with Gasteiger partial charge in [0.05, 0.1) is 20.2 Å². The van der Waals surface area contributed by atoms with E-state index >= 15 is 0 Å². The zero-order chi connectivity index (χ0) is 33.8. The molecular formula is C33H38F3N3O6S2. The summed E-state index contributed by atoms with van der Waals surface area (Å²) in [6, 6.07) is 16.0. The fraction of sp³-hybridized carbons (Fsp3) is 0.455. The summed E-state index contributed by atoms with van der Waals surface area (Å²) in [5.74, 6) is 0.918. The Bertz CT molecular complexity index is 1840. The van der Waals surface area contributed by atoms with Gasteiger partial charge in [-0.25, -0.2) is 16.8 Å². The Morgan fingerprint density at radius 1 is 0.851 bits per heavy atom. The normalized spacial score (nSPS) is 21.9. The fourth-order valence-corrected chi connectivity index (χ4v) is 9.85. The summed E-state index contributed by atoms with van der Waals surface area (Å²) >= 11 is 0. The van der Waals surface area contributed by atoms with Crippen LogP contribution in [0.5, 0.6) is 11.5 Å². The molecular weight excluding hydrogens is 656 g/mol. The van der Waals surface area contributed by atoms with Crippen molar-refractivity contribution in [2.75, 3.05) is 39.5 Å². The molecule has 0 radical (unpaired) electrons. The molecule has 0 aromatic heterocycles. The minimum atomic E-state index is -4.77. The third kappa shape index (κ3) is 6.38. The first-order valence-corrected chi connectivity index (χ1v) is 18.5. The third-order valence-electron chi connectivity index (χ3n) is 9.88. The van der Waals surface area contributed by atoms with E-state index in [1.165, 1.54) is 28.6 Å². The molecule has 254 valence electrons. The van der Waals surface area contributed by atoms with Crippen LogP contribution in [0.2, 0.25) is 0 Å². The number of sulfonamides is 1. The molecule has 2 fully saturated rings. The zero-order valence-electron chi connectivity index (χ0n) is 26.4. The van der Waals surface area contributed by atoms with Crippen LogP contribution in [0.1, 0.15) is 50.8 Å². The van der Waals surface area contributed by atoms with Crippen LogP contribution >= 0.6 is 0 Å². The standard InChI is InChI=1S/C33H38F3N3O6S2/c1-23-21-37(32(3)14-16-38(17-15-32)47(42,43)31-7-5-4-6-28(31)33(34,35)36)18-19-39(23)24(2)25-8-10-26(11-9-25)46(40,41)27-12-13-29-30(20-27)45-22-44-29/h4-13,20,23-24H,14-19,21-22H2,1-3H3/t23-,24+/m1/s1. The van der Waals surface area contributed by atoms with Gasteiger partial charge in [0.1, 0.15) is 0 Å². The number of halogens is 3. The molecule has 3 aliphatic heterocycles. The van der Waals surface area contributed by atoms with Crippen LogP contribution < -0.4 is 9.47 Å². The molecule has 47 heavy (non-hydrogen) atoms. The number of hydrogen-bond donors (Lipinski definition) is 0. The van der Waals surface area contributed by atoms with Crippen molar-refractivity contribution >= 4 is 19.9 Å². The molecule has 3 aromatic carbocycles. The van der Waals surface area contributed by atoms with Crippen molar-refractivity contribution in [3.8, 4) is 11.5 Å². The van der Waals surface area contributed by atoms with Gasteiger partial charge in [0.15, 0.2) is 11.5 Å². The molecule has 0 saturated carbocycles. The van der Waals surface area contributed by atoms with Crippen LogP contribution in [-0.2, 0) is 26.0 Å². The molecule has 9 nitrogen and oxygen atoms in total. The van der Waals surface area contributed by atoms with E-state index < -0.39 is 36.5 Å². The van der Waals surface area contributed by atoms with Crippen LogP contribution in [0.3, 0.4) is 0 Å². The molecule has 0 spiro atoms. The second kappa shape index (κ2) is 12.4. The number of rotatable bonds is 7. The molecule has 3 aliphatic rings. The topological polar surface area (TPSA) is 96.5 Å². The lowest BCUT2D eigenvalue weighted by molar-refractivity contribution is -0.139. The Kier molecular flexibility index (Phi) is 8.88. The van der Waals surface area contributed by atoms with Gasteiger partial charge in [-0.05, 0) is 75.6 Å². The highest BCUT2D eigenvalue weighted by Crippen LogP contribution is 2.39. The van der Waals surface area contributed by atoms with Crippen molar-refractivity contribution in [1.82, 2.24) is 14.1 Å². The van der Waals surface area contributed by atoms with Gasteiger partial charge in [0.2, 0.25) is 26.7 Å². The van der Waals surface area contributed by atoms with Gasteiger partial charge in [0, 0.05) is 56.4 Å². The summed E-state index contributed by atoms with van der Waals surface area (Å²) in [7, 11) is -8.06. The number of sulfone groups is 1. The maximum atomic E-state index is 13.6. The molecule has 2 saturated heterocycles. The highest BCUT2D eigenvalue weighted by molar-refractivity contribution is 7.91.